The van der Waals surface area contributed by atoms with Gasteiger partial charge in [0.25, 0.3) is 0 Å². The second kappa shape index (κ2) is 21.9. The number of allylic oxidation sites excluding steroid dienone is 2. The van der Waals surface area contributed by atoms with Crippen LogP contribution in [0.4, 0.5) is 0 Å². The van der Waals surface area contributed by atoms with E-state index in [0.29, 0.717) is 12.7 Å². The van der Waals surface area contributed by atoms with E-state index >= 15 is 0 Å². The molecule has 0 unspecified atom stereocenters. The first-order valence-electron chi connectivity index (χ1n) is 12.6. The summed E-state index contributed by atoms with van der Waals surface area (Å²) in [5.41, 5.74) is 6.10. The van der Waals surface area contributed by atoms with Crippen molar-refractivity contribution in [3.63, 3.8) is 0 Å². The van der Waals surface area contributed by atoms with Crippen LogP contribution in [0.2, 0.25) is 0 Å². The van der Waals surface area contributed by atoms with Crippen LogP contribution in [0.15, 0.2) is 72.8 Å². The number of halogens is 2. The average molecular weight is 600 g/mol. The molecule has 0 aliphatic carbocycles. The molecule has 0 aliphatic rings. The van der Waals surface area contributed by atoms with E-state index in [1.54, 1.807) is 0 Å². The van der Waals surface area contributed by atoms with Gasteiger partial charge in [-0.15, -0.1) is 0 Å². The Kier molecular flexibility index (Phi) is 21.8. The molecule has 0 radical (unpaired) electrons. The fraction of sp³-hybridized carbons (Fsp3) is 0.467. The van der Waals surface area contributed by atoms with Crippen LogP contribution in [0.25, 0.3) is 12.2 Å². The minimum absolute atomic E-state index is 0.235. The van der Waals surface area contributed by atoms with Crippen LogP contribution in [-0.2, 0) is 12.7 Å². The van der Waals surface area contributed by atoms with E-state index < -0.39 is 0 Å². The molecule has 0 saturated carbocycles. The Labute approximate surface area is 234 Å². The molecular formula is C30H48Cl2NiP2+2. The number of benzene rings is 2. The molecule has 2 aromatic carbocycles. The first-order valence-corrected chi connectivity index (χ1v) is 19.0. The molecule has 0 aromatic heterocycles. The fourth-order valence-corrected chi connectivity index (χ4v) is 9.40. The zero-order chi connectivity index (χ0) is 26.6. The number of hydrogen-bond donors (Lipinski definition) is 0. The summed E-state index contributed by atoms with van der Waals surface area (Å²) in [5, 5.41) is 0. The Morgan fingerprint density at radius 2 is 0.829 bits per heavy atom. The van der Waals surface area contributed by atoms with Crippen molar-refractivity contribution in [3.8, 4) is 0 Å². The van der Waals surface area contributed by atoms with Crippen LogP contribution in [0.3, 0.4) is 0 Å². The van der Waals surface area contributed by atoms with Crippen molar-refractivity contribution >= 4 is 48.4 Å². The van der Waals surface area contributed by atoms with Crippen LogP contribution in [0.5, 0.6) is 0 Å². The summed E-state index contributed by atoms with van der Waals surface area (Å²) in [5.74, 6) is 0. The maximum atomic E-state index is 4.70. The zero-order valence-electron chi connectivity index (χ0n) is 22.9. The van der Waals surface area contributed by atoms with E-state index in [2.05, 4.69) is 140 Å². The Bertz CT molecular complexity index is 707. The summed E-state index contributed by atoms with van der Waals surface area (Å²) in [6.07, 6.45) is 11.8. The van der Waals surface area contributed by atoms with Crippen molar-refractivity contribution in [3.05, 3.63) is 83.9 Å². The third-order valence-corrected chi connectivity index (χ3v) is 13.2. The van der Waals surface area contributed by atoms with E-state index in [9.17, 15) is 0 Å². The van der Waals surface area contributed by atoms with E-state index in [1.165, 1.54) is 23.5 Å². The Morgan fingerprint density at radius 1 is 0.571 bits per heavy atom. The minimum atomic E-state index is -0.235. The van der Waals surface area contributed by atoms with Crippen molar-refractivity contribution in [1.29, 1.82) is 0 Å². The fourth-order valence-electron chi connectivity index (χ4n) is 4.07. The quantitative estimate of drug-likeness (QED) is 0.188. The molecule has 0 spiro atoms. The second-order valence-corrected chi connectivity index (χ2v) is 19.2. The van der Waals surface area contributed by atoms with Crippen LogP contribution in [0.1, 0.15) is 66.5 Å². The molecule has 2 aromatic rings. The standard InChI is InChI=1S/2C15H23P.2ClH.Ni/c2*1-13(2)16(14(3)4)12-8-11-15-9-6-5-7-10-15;;;/h2*5-11,13-14H,12H2,1-4H3;2*1H;/q;;;;+2/b2*11-8+;;;. The first-order chi connectivity index (χ1) is 16.6. The first kappa shape index (κ1) is 34.9. The van der Waals surface area contributed by atoms with Crippen LogP contribution in [0, 0.1) is 0 Å². The molecule has 0 fully saturated rings. The third-order valence-electron chi connectivity index (χ3n) is 5.89. The molecule has 0 atom stereocenters. The van der Waals surface area contributed by atoms with Crippen LogP contribution in [-0.4, -0.2) is 35.0 Å². The zero-order valence-corrected chi connectivity index (χ0v) is 27.4. The number of rotatable bonds is 10. The Balaban J connectivity index is 0.000000594. The molecule has 0 bridgehead atoms. The molecule has 35 heavy (non-hydrogen) atoms. The summed E-state index contributed by atoms with van der Waals surface area (Å²) in [6.45, 7) is 18.9. The van der Waals surface area contributed by atoms with Crippen molar-refractivity contribution in [2.45, 2.75) is 78.0 Å². The van der Waals surface area contributed by atoms with Crippen LogP contribution >= 0.6 is 36.2 Å². The molecule has 0 N–H and O–H groups in total. The summed E-state index contributed by atoms with van der Waals surface area (Å²) >= 11 is 0.569. The van der Waals surface area contributed by atoms with Gasteiger partial charge in [0.1, 0.15) is 0 Å². The molecule has 0 nitrogen and oxygen atoms in total. The van der Waals surface area contributed by atoms with Gasteiger partial charge >= 0.3 is 33.0 Å². The predicted octanol–water partition coefficient (Wildman–Crippen LogP) is 10.8. The maximum absolute atomic E-state index is 4.70. The molecular weight excluding hydrogens is 552 g/mol. The molecule has 0 aliphatic heterocycles. The van der Waals surface area contributed by atoms with Gasteiger partial charge in [0.05, 0.1) is 35.0 Å². The predicted molar refractivity (Wildman–Crippen MR) is 170 cm³/mol. The third kappa shape index (κ3) is 17.9. The molecule has 2 rings (SSSR count). The van der Waals surface area contributed by atoms with E-state index in [1.807, 2.05) is 0 Å². The molecule has 0 amide bonds. The van der Waals surface area contributed by atoms with Gasteiger partial charge < -0.3 is 0 Å². The van der Waals surface area contributed by atoms with Gasteiger partial charge in [-0.25, -0.2) is 0 Å². The normalized spacial score (nSPS) is 11.8. The van der Waals surface area contributed by atoms with Crippen molar-refractivity contribution < 1.29 is 12.7 Å². The SMILES string of the molecule is CC(C)[PH+](C/C=C/c1ccccc1)C(C)C.CC(C)[PH+](C/C=C/c1ccccc1)C(C)C.[Cl][Ni][Cl]. The molecule has 5 heteroatoms. The van der Waals surface area contributed by atoms with Crippen molar-refractivity contribution in [2.24, 2.45) is 0 Å². The van der Waals surface area contributed by atoms with Crippen LogP contribution < -0.4 is 0 Å². The average Bonchev–Trinajstić information content (AvgIpc) is 2.81. The van der Waals surface area contributed by atoms with Gasteiger partial charge in [0.2, 0.25) is 0 Å². The van der Waals surface area contributed by atoms with Gasteiger partial charge in [0.15, 0.2) is 0 Å². The van der Waals surface area contributed by atoms with E-state index in [0.717, 1.165) is 22.6 Å². The number of hydrogen-bond acceptors (Lipinski definition) is 0. The van der Waals surface area contributed by atoms with E-state index in [-0.39, 0.29) is 15.8 Å². The van der Waals surface area contributed by atoms with Gasteiger partial charge in [-0.1, -0.05) is 72.8 Å². The molecule has 0 heterocycles. The van der Waals surface area contributed by atoms with Crippen molar-refractivity contribution in [2.75, 3.05) is 12.3 Å². The summed E-state index contributed by atoms with van der Waals surface area (Å²) < 4.78 is 0. The van der Waals surface area contributed by atoms with Gasteiger partial charge in [-0.05, 0) is 78.7 Å². The molecule has 0 saturated heterocycles. The Hall–Kier alpha value is -0.146. The second-order valence-electron chi connectivity index (χ2n) is 9.85. The summed E-state index contributed by atoms with van der Waals surface area (Å²) in [7, 11) is 8.93. The molecule has 200 valence electrons. The van der Waals surface area contributed by atoms with Crippen molar-refractivity contribution in [1.82, 2.24) is 0 Å². The van der Waals surface area contributed by atoms with Gasteiger partial charge in [-0.2, -0.15) is 0 Å². The van der Waals surface area contributed by atoms with E-state index in [4.69, 9.17) is 20.4 Å². The topological polar surface area (TPSA) is 0 Å². The van der Waals surface area contributed by atoms with Gasteiger partial charge in [0, 0.05) is 15.8 Å². The summed E-state index contributed by atoms with van der Waals surface area (Å²) in [6, 6.07) is 21.1. The monoisotopic (exact) mass is 598 g/mol. The summed E-state index contributed by atoms with van der Waals surface area (Å²) in [4.78, 5) is 0. The Morgan fingerprint density at radius 3 is 1.06 bits per heavy atom. The van der Waals surface area contributed by atoms with Gasteiger partial charge in [-0.3, -0.25) is 0 Å².